The van der Waals surface area contributed by atoms with Crippen molar-refractivity contribution >= 4 is 17.0 Å². The Morgan fingerprint density at radius 3 is 2.25 bits per heavy atom. The average Bonchev–Trinajstić information content (AvgIpc) is 3.50. The van der Waals surface area contributed by atoms with E-state index in [4.69, 9.17) is 5.10 Å². The van der Waals surface area contributed by atoms with Gasteiger partial charge in [0, 0.05) is 50.2 Å². The van der Waals surface area contributed by atoms with Crippen molar-refractivity contribution in [2.45, 2.75) is 26.3 Å². The van der Waals surface area contributed by atoms with E-state index in [1.807, 2.05) is 10.7 Å². The zero-order valence-corrected chi connectivity index (χ0v) is 19.6. The number of thiophene rings is 1. The van der Waals surface area contributed by atoms with Gasteiger partial charge in [0.15, 0.2) is 0 Å². The van der Waals surface area contributed by atoms with E-state index in [1.54, 1.807) is 11.3 Å². The van der Waals surface area contributed by atoms with Crippen molar-refractivity contribution in [2.24, 2.45) is 0 Å². The molecule has 5 rings (SSSR count). The van der Waals surface area contributed by atoms with Gasteiger partial charge in [-0.25, -0.2) is 4.68 Å². The van der Waals surface area contributed by atoms with Crippen LogP contribution in [0.5, 0.6) is 0 Å². The van der Waals surface area contributed by atoms with Crippen LogP contribution >= 0.6 is 11.3 Å². The second kappa shape index (κ2) is 9.31. The van der Waals surface area contributed by atoms with Gasteiger partial charge in [0.2, 0.25) is 0 Å². The fraction of sp³-hybridized carbons (Fsp3) is 0.296. The lowest BCUT2D eigenvalue weighted by atomic mass is 10.0. The van der Waals surface area contributed by atoms with Crippen molar-refractivity contribution in [3.8, 4) is 16.3 Å². The molecule has 0 amide bonds. The van der Waals surface area contributed by atoms with Crippen molar-refractivity contribution in [3.63, 3.8) is 0 Å². The molecular weight excluding hydrogens is 412 g/mol. The number of nitrogens with zero attached hydrogens (tertiary/aromatic N) is 4. The predicted octanol–water partition coefficient (Wildman–Crippen LogP) is 6.05. The van der Waals surface area contributed by atoms with E-state index in [0.717, 1.165) is 44.1 Å². The van der Waals surface area contributed by atoms with Crippen LogP contribution in [-0.2, 0) is 6.54 Å². The lowest BCUT2D eigenvalue weighted by Gasteiger charge is -2.36. The Morgan fingerprint density at radius 2 is 1.59 bits per heavy atom. The molecule has 2 aromatic carbocycles. The molecule has 0 bridgehead atoms. The maximum absolute atomic E-state index is 4.96. The van der Waals surface area contributed by atoms with Crippen molar-refractivity contribution in [1.82, 2.24) is 14.7 Å². The molecule has 1 aliphatic heterocycles. The van der Waals surface area contributed by atoms with Crippen LogP contribution in [-0.4, -0.2) is 40.9 Å². The van der Waals surface area contributed by atoms with Crippen molar-refractivity contribution in [3.05, 3.63) is 89.4 Å². The number of aromatic nitrogens is 2. The quantitative estimate of drug-likeness (QED) is 0.363. The second-order valence-electron chi connectivity index (χ2n) is 8.77. The van der Waals surface area contributed by atoms with Gasteiger partial charge in [-0.05, 0) is 47.2 Å². The molecule has 0 aliphatic carbocycles. The zero-order valence-electron chi connectivity index (χ0n) is 18.8. The number of anilines is 1. The average molecular weight is 443 g/mol. The summed E-state index contributed by atoms with van der Waals surface area (Å²) in [6.07, 6.45) is 2.21. The lowest BCUT2D eigenvalue weighted by molar-refractivity contribution is 0.250. The molecule has 1 aliphatic rings. The van der Waals surface area contributed by atoms with Gasteiger partial charge >= 0.3 is 0 Å². The Hall–Kier alpha value is -2.89. The van der Waals surface area contributed by atoms with Crippen LogP contribution in [0, 0.1) is 0 Å². The molecule has 0 radical (unpaired) electrons. The van der Waals surface area contributed by atoms with E-state index in [1.165, 1.54) is 21.7 Å². The molecule has 0 N–H and O–H groups in total. The summed E-state index contributed by atoms with van der Waals surface area (Å²) in [5, 5.41) is 7.09. The number of rotatable bonds is 6. The van der Waals surface area contributed by atoms with Gasteiger partial charge in [-0.2, -0.15) is 5.10 Å². The molecule has 3 heterocycles. The van der Waals surface area contributed by atoms with Gasteiger partial charge in [-0.3, -0.25) is 4.90 Å². The monoisotopic (exact) mass is 442 g/mol. The Bertz CT molecular complexity index is 1120. The molecule has 2 aromatic heterocycles. The molecule has 0 unspecified atom stereocenters. The minimum Gasteiger partial charge on any atom is -0.369 e. The topological polar surface area (TPSA) is 24.3 Å². The van der Waals surface area contributed by atoms with Crippen molar-refractivity contribution in [1.29, 1.82) is 0 Å². The van der Waals surface area contributed by atoms with E-state index >= 15 is 0 Å². The minimum atomic E-state index is 0.579. The summed E-state index contributed by atoms with van der Waals surface area (Å²) in [7, 11) is 0. The third kappa shape index (κ3) is 4.50. The summed E-state index contributed by atoms with van der Waals surface area (Å²) in [5.74, 6) is 0.579. The van der Waals surface area contributed by atoms with Crippen molar-refractivity contribution in [2.75, 3.05) is 31.1 Å². The first-order chi connectivity index (χ1) is 15.7. The molecular formula is C27H30N4S. The maximum Gasteiger partial charge on any atom is 0.107 e. The van der Waals surface area contributed by atoms with Gasteiger partial charge < -0.3 is 4.90 Å². The van der Waals surface area contributed by atoms with Crippen LogP contribution in [0.4, 0.5) is 5.69 Å². The number of piperazine rings is 1. The Kier molecular flexibility index (Phi) is 6.10. The fourth-order valence-corrected chi connectivity index (χ4v) is 5.08. The fourth-order valence-electron chi connectivity index (χ4n) is 4.33. The third-order valence-electron chi connectivity index (χ3n) is 6.26. The highest BCUT2D eigenvalue weighted by Gasteiger charge is 2.21. The van der Waals surface area contributed by atoms with Gasteiger partial charge in [-0.1, -0.05) is 50.2 Å². The van der Waals surface area contributed by atoms with Crippen LogP contribution in [0.1, 0.15) is 30.9 Å². The molecule has 4 aromatic rings. The number of hydrogen-bond acceptors (Lipinski definition) is 4. The number of hydrogen-bond donors (Lipinski definition) is 0. The van der Waals surface area contributed by atoms with Crippen LogP contribution in [0.15, 0.2) is 78.3 Å². The largest absolute Gasteiger partial charge is 0.369 e. The predicted molar refractivity (Wildman–Crippen MR) is 135 cm³/mol. The maximum atomic E-state index is 4.96. The van der Waals surface area contributed by atoms with Crippen LogP contribution < -0.4 is 4.90 Å². The minimum absolute atomic E-state index is 0.579. The van der Waals surface area contributed by atoms with Gasteiger partial charge in [0.1, 0.15) is 5.69 Å². The summed E-state index contributed by atoms with van der Waals surface area (Å²) in [5.41, 5.74) is 6.25. The summed E-state index contributed by atoms with van der Waals surface area (Å²) < 4.78 is 2.02. The first-order valence-corrected chi connectivity index (χ1v) is 12.3. The Labute approximate surface area is 194 Å². The van der Waals surface area contributed by atoms with Crippen LogP contribution in [0.2, 0.25) is 0 Å². The SMILES string of the molecule is CC(C)c1ccc(N2CCN(Cc3cn(-c4ccccc4)nc3-c3cccs3)CC2)cc1. The molecule has 4 nitrogen and oxygen atoms in total. The highest BCUT2D eigenvalue weighted by Crippen LogP contribution is 2.29. The van der Waals surface area contributed by atoms with Crippen LogP contribution in [0.25, 0.3) is 16.3 Å². The molecule has 0 atom stereocenters. The third-order valence-corrected chi connectivity index (χ3v) is 7.13. The summed E-state index contributed by atoms with van der Waals surface area (Å²) in [6, 6.07) is 23.8. The number of para-hydroxylation sites is 1. The molecule has 0 saturated carbocycles. The Morgan fingerprint density at radius 1 is 0.844 bits per heavy atom. The lowest BCUT2D eigenvalue weighted by Crippen LogP contribution is -2.46. The zero-order chi connectivity index (χ0) is 21.9. The molecule has 5 heteroatoms. The van der Waals surface area contributed by atoms with E-state index in [0.29, 0.717) is 5.92 Å². The molecule has 164 valence electrons. The molecule has 1 fully saturated rings. The van der Waals surface area contributed by atoms with E-state index in [2.05, 4.69) is 95.9 Å². The molecule has 32 heavy (non-hydrogen) atoms. The van der Waals surface area contributed by atoms with Gasteiger partial charge in [0.25, 0.3) is 0 Å². The van der Waals surface area contributed by atoms with E-state index in [-0.39, 0.29) is 0 Å². The summed E-state index contributed by atoms with van der Waals surface area (Å²) >= 11 is 1.76. The molecule has 1 saturated heterocycles. The van der Waals surface area contributed by atoms with Crippen molar-refractivity contribution < 1.29 is 0 Å². The smallest absolute Gasteiger partial charge is 0.107 e. The number of benzene rings is 2. The van der Waals surface area contributed by atoms with Crippen LogP contribution in [0.3, 0.4) is 0 Å². The summed E-state index contributed by atoms with van der Waals surface area (Å²) in [4.78, 5) is 6.30. The van der Waals surface area contributed by atoms with Gasteiger partial charge in [-0.15, -0.1) is 11.3 Å². The summed E-state index contributed by atoms with van der Waals surface area (Å²) in [6.45, 7) is 9.67. The van der Waals surface area contributed by atoms with E-state index in [9.17, 15) is 0 Å². The highest BCUT2D eigenvalue weighted by atomic mass is 32.1. The van der Waals surface area contributed by atoms with E-state index < -0.39 is 0 Å². The highest BCUT2D eigenvalue weighted by molar-refractivity contribution is 7.13. The normalized spacial score (nSPS) is 14.9. The second-order valence-corrected chi connectivity index (χ2v) is 9.72. The van der Waals surface area contributed by atoms with Gasteiger partial charge in [0.05, 0.1) is 10.6 Å². The first-order valence-electron chi connectivity index (χ1n) is 11.4. The Balaban J connectivity index is 1.30. The molecule has 0 spiro atoms. The standard InChI is InChI=1S/C27H30N4S/c1-21(2)22-10-12-24(13-11-22)30-16-14-29(15-17-30)19-23-20-31(25-7-4-3-5-8-25)28-27(23)26-9-6-18-32-26/h3-13,18,20-21H,14-17,19H2,1-2H3. The first kappa shape index (κ1) is 21.0.